The van der Waals surface area contributed by atoms with Crippen LogP contribution in [-0.2, 0) is 57.2 Å². The van der Waals surface area contributed by atoms with E-state index in [-0.39, 0.29) is 163 Å². The maximum atomic E-state index is 12.8. The van der Waals surface area contributed by atoms with Crippen LogP contribution in [-0.4, -0.2) is 69.4 Å². The minimum absolute atomic E-state index is 0. The molecule has 3 unspecified atom stereocenters. The predicted molar refractivity (Wildman–Crippen MR) is 470 cm³/mol. The number of hydrogen-bond donors (Lipinski definition) is 0. The fraction of sp³-hybridized carbons (Fsp3) is 0.938. The van der Waals surface area contributed by atoms with E-state index in [0.717, 1.165) is 114 Å². The van der Waals surface area contributed by atoms with Crippen molar-refractivity contribution in [3.63, 3.8) is 0 Å². The maximum absolute atomic E-state index is 12.8. The normalized spacial score (nSPS) is 26.1. The van der Waals surface area contributed by atoms with E-state index in [0.29, 0.717) is 35.5 Å². The molecule has 654 valence electrons. The fourth-order valence-electron chi connectivity index (χ4n) is 17.5. The van der Waals surface area contributed by atoms with Crippen LogP contribution in [0.1, 0.15) is 465 Å². The van der Waals surface area contributed by atoms with E-state index in [1.54, 1.807) is 0 Å². The third kappa shape index (κ3) is 32.8. The molecule has 109 heavy (non-hydrogen) atoms. The lowest BCUT2D eigenvalue weighted by atomic mass is 9.47. The second-order valence-corrected chi connectivity index (χ2v) is 37.5. The third-order valence-corrected chi connectivity index (χ3v) is 27.4. The molecule has 12 heteroatoms. The summed E-state index contributed by atoms with van der Waals surface area (Å²) < 4.78 is 35.2. The van der Waals surface area contributed by atoms with Gasteiger partial charge in [-0.1, -0.05) is 216 Å². The predicted octanol–water partition coefficient (Wildman–Crippen LogP) is 29.6. The summed E-state index contributed by atoms with van der Waals surface area (Å²) >= 11 is 0. The van der Waals surface area contributed by atoms with Crippen LogP contribution in [0.25, 0.3) is 0 Å². The molecule has 10 saturated carbocycles. The summed E-state index contributed by atoms with van der Waals surface area (Å²) in [7, 11) is 0. The van der Waals surface area contributed by atoms with Crippen LogP contribution in [0.15, 0.2) is 0 Å². The first-order valence-electron chi connectivity index (χ1n) is 42.4. The van der Waals surface area contributed by atoms with Gasteiger partial charge in [0.1, 0.15) is 33.6 Å². The summed E-state index contributed by atoms with van der Waals surface area (Å²) in [5, 5.41) is 0. The second kappa shape index (κ2) is 51.7. The monoisotopic (exact) mass is 1550 g/mol. The van der Waals surface area contributed by atoms with Crippen molar-refractivity contribution in [3.05, 3.63) is 0 Å². The maximum Gasteiger partial charge on any atom is 0.312 e. The Morgan fingerprint density at radius 1 is 0.303 bits per heavy atom. The van der Waals surface area contributed by atoms with E-state index in [4.69, 9.17) is 28.4 Å². The van der Waals surface area contributed by atoms with Gasteiger partial charge in [0, 0.05) is 0 Å². The fourth-order valence-corrected chi connectivity index (χ4v) is 17.5. The average Bonchev–Trinajstić information content (AvgIpc) is 0.725. The van der Waals surface area contributed by atoms with Gasteiger partial charge in [-0.3, -0.25) is 28.8 Å². The Hall–Kier alpha value is -3.18. The largest absolute Gasteiger partial charge is 0.459 e. The number of rotatable bonds is 24. The molecule has 10 aliphatic carbocycles. The number of ether oxygens (including phenoxy) is 6. The molecule has 0 N–H and O–H groups in total. The second-order valence-electron chi connectivity index (χ2n) is 37.5. The van der Waals surface area contributed by atoms with Crippen molar-refractivity contribution in [2.45, 2.75) is 498 Å². The van der Waals surface area contributed by atoms with Gasteiger partial charge >= 0.3 is 35.8 Å². The van der Waals surface area contributed by atoms with Crippen molar-refractivity contribution < 1.29 is 57.2 Å². The molecule has 10 aliphatic rings. The quantitative estimate of drug-likeness (QED) is 0.0666. The van der Waals surface area contributed by atoms with Crippen molar-refractivity contribution in [2.75, 3.05) is 0 Å². The summed E-state index contributed by atoms with van der Waals surface area (Å²) in [6.07, 6.45) is 38.9. The topological polar surface area (TPSA) is 158 Å². The standard InChI is InChI=1S/C19H32O2.C18H30O2.C16H30O2.C15H28O2.C11H22O2.C10H20O2.8CH4/c1-6-18(4,5)17(20)21-19(12(2)3)15-8-13-7-14(10-15)11-16(19)9-13;1-5-12(4)17(19)20-18(11(2)3)15-7-13-6-14(9-15)10-16(18)8-13;1-5-15(3,4)14(17)18-16(6-2)12-10-8-7-9-11-13-16;1-4-13(3)14(16)17-15(5-2)11-9-7-6-8-10-12-15;1-7-10(3,4)9(12)13-11(5,6)8-2;1-6-8(3)9(11)12-10(4,5)7-2;;;;;;;;/h12-16H,6-11H2,1-5H3;11-16H,5-10H2,1-4H3;5-13H2,1-4H3;13H,4-12H2,1-3H3;7-8H2,1-6H3;8H,6-7H2,1-5H3;8*1H4. The molecule has 0 aromatic carbocycles. The smallest absolute Gasteiger partial charge is 0.312 e. The molecule has 0 amide bonds. The van der Waals surface area contributed by atoms with Crippen LogP contribution in [0.2, 0.25) is 0 Å². The van der Waals surface area contributed by atoms with Crippen LogP contribution in [0.5, 0.6) is 0 Å². The van der Waals surface area contributed by atoms with Crippen molar-refractivity contribution >= 4 is 35.8 Å². The lowest BCUT2D eigenvalue weighted by Crippen LogP contribution is -2.63. The van der Waals surface area contributed by atoms with Gasteiger partial charge in [-0.2, -0.15) is 0 Å². The zero-order valence-electron chi connectivity index (χ0n) is 70.9. The molecule has 12 nitrogen and oxygen atoms in total. The lowest BCUT2D eigenvalue weighted by Gasteiger charge is -2.62. The first-order valence-corrected chi connectivity index (χ1v) is 42.4. The van der Waals surface area contributed by atoms with Crippen LogP contribution < -0.4 is 0 Å². The van der Waals surface area contributed by atoms with Crippen LogP contribution in [0.4, 0.5) is 0 Å². The van der Waals surface area contributed by atoms with Crippen LogP contribution >= 0.6 is 0 Å². The number of carbonyl (C=O) groups excluding carboxylic acids is 6. The Morgan fingerprint density at radius 3 is 0.826 bits per heavy atom. The Balaban J connectivity index is -0.000000291. The lowest BCUT2D eigenvalue weighted by molar-refractivity contribution is -0.231. The average molecular weight is 1550 g/mol. The van der Waals surface area contributed by atoms with Crippen molar-refractivity contribution in [1.82, 2.24) is 0 Å². The van der Waals surface area contributed by atoms with Gasteiger partial charge in [-0.15, -0.1) is 0 Å². The third-order valence-electron chi connectivity index (χ3n) is 27.4. The van der Waals surface area contributed by atoms with E-state index < -0.39 is 0 Å². The molecular weight excluding hydrogens is 1360 g/mol. The molecule has 0 radical (unpaired) electrons. The molecule has 0 aromatic rings. The highest BCUT2D eigenvalue weighted by molar-refractivity contribution is 5.77. The van der Waals surface area contributed by atoms with E-state index >= 15 is 0 Å². The molecule has 0 aliphatic heterocycles. The minimum atomic E-state index is -0.355. The summed E-state index contributed by atoms with van der Waals surface area (Å²) in [6.45, 7) is 55.2. The molecule has 0 heterocycles. The van der Waals surface area contributed by atoms with Gasteiger partial charge in [-0.05, 0) is 308 Å². The minimum Gasteiger partial charge on any atom is -0.459 e. The van der Waals surface area contributed by atoms with Gasteiger partial charge in [-0.25, -0.2) is 0 Å². The highest BCUT2D eigenvalue weighted by Crippen LogP contribution is 2.63. The summed E-state index contributed by atoms with van der Waals surface area (Å²) in [5.41, 5.74) is -2.33. The summed E-state index contributed by atoms with van der Waals surface area (Å²) in [6, 6.07) is 0. The Bertz CT molecular complexity index is 2420. The first kappa shape index (κ1) is 117. The molecular formula is C97H194O12. The first-order chi connectivity index (χ1) is 47.0. The molecule has 10 rings (SSSR count). The van der Waals surface area contributed by atoms with E-state index in [9.17, 15) is 28.8 Å². The molecule has 0 saturated heterocycles. The Kier molecular flexibility index (Phi) is 55.4. The highest BCUT2D eigenvalue weighted by atomic mass is 16.6. The van der Waals surface area contributed by atoms with E-state index in [1.165, 1.54) is 128 Å². The van der Waals surface area contributed by atoms with Gasteiger partial charge < -0.3 is 28.4 Å². The van der Waals surface area contributed by atoms with Crippen LogP contribution in [0, 0.1) is 93.2 Å². The molecule has 3 atom stereocenters. The zero-order chi connectivity index (χ0) is 76.8. The Morgan fingerprint density at radius 2 is 0.550 bits per heavy atom. The van der Waals surface area contributed by atoms with Gasteiger partial charge in [0.2, 0.25) is 0 Å². The SMILES string of the molecule is C.C.C.C.C.C.C.C.CCC(C)(C)C(=O)OC1(C(C)C)C2CC3CC(C2)CC1C3.CCC(C)(C)OC(=O)C(C)(C)CC.CCC(C)C(=O)OC(C)(C)CC.CCC(C)C(=O)OC1(C(C)C)C2CC3CC(C2)CC1C3.CCC(C)C(=O)OC1(CC)CCCCCCC1.CCC1(OC(=O)C(C)(C)CC)CCCCCCC1. The van der Waals surface area contributed by atoms with Crippen molar-refractivity contribution in [3.8, 4) is 0 Å². The summed E-state index contributed by atoms with van der Waals surface area (Å²) in [4.78, 5) is 72.5. The molecule has 8 bridgehead atoms. The molecule has 0 spiro atoms. The van der Waals surface area contributed by atoms with E-state index in [1.807, 2.05) is 125 Å². The number of hydrogen-bond acceptors (Lipinski definition) is 12. The van der Waals surface area contributed by atoms with Crippen molar-refractivity contribution in [1.29, 1.82) is 0 Å². The van der Waals surface area contributed by atoms with Crippen molar-refractivity contribution in [2.24, 2.45) is 93.2 Å². The molecule has 10 fully saturated rings. The Labute approximate surface area is 680 Å². The number of carbonyl (C=O) groups is 6. The molecule has 0 aromatic heterocycles. The van der Waals surface area contributed by atoms with Crippen LogP contribution in [0.3, 0.4) is 0 Å². The van der Waals surface area contributed by atoms with Gasteiger partial charge in [0.05, 0.1) is 34.0 Å². The van der Waals surface area contributed by atoms with E-state index in [2.05, 4.69) is 62.3 Å². The summed E-state index contributed by atoms with van der Waals surface area (Å²) in [5.74, 6) is 7.08. The van der Waals surface area contributed by atoms with Gasteiger partial charge in [0.25, 0.3) is 0 Å². The number of esters is 6. The highest BCUT2D eigenvalue weighted by Gasteiger charge is 2.63. The van der Waals surface area contributed by atoms with Gasteiger partial charge in [0.15, 0.2) is 0 Å². The zero-order valence-corrected chi connectivity index (χ0v) is 70.9.